The highest BCUT2D eigenvalue weighted by Gasteiger charge is 2.46. The quantitative estimate of drug-likeness (QED) is 0.0174. The molecule has 130 heavy (non-hydrogen) atoms. The van der Waals surface area contributed by atoms with Crippen molar-refractivity contribution in [2.24, 2.45) is 23.1 Å². The zero-order chi connectivity index (χ0) is 94.7. The highest BCUT2D eigenvalue weighted by molar-refractivity contribution is 8.00. The summed E-state index contributed by atoms with van der Waals surface area (Å²) >= 11 is 1.90. The molecule has 6 aromatic rings. The maximum absolute atomic E-state index is 15.7. The third-order valence-electron chi connectivity index (χ3n) is 22.9. The van der Waals surface area contributed by atoms with E-state index in [1.54, 1.807) is 86.2 Å². The number of guanidine groups is 1. The summed E-state index contributed by atoms with van der Waals surface area (Å²) in [7, 11) is 4.00. The molecule has 0 saturated carbocycles. The third-order valence-corrected chi connectivity index (χ3v) is 24.9. The number of amides is 17. The Balaban J connectivity index is 1.08. The van der Waals surface area contributed by atoms with E-state index < -0.39 is 223 Å². The van der Waals surface area contributed by atoms with E-state index in [1.807, 2.05) is 13.8 Å². The van der Waals surface area contributed by atoms with E-state index in [1.165, 1.54) is 40.6 Å². The van der Waals surface area contributed by atoms with Crippen LogP contribution >= 0.6 is 23.1 Å². The lowest BCUT2D eigenvalue weighted by molar-refractivity contribution is -0.149. The van der Waals surface area contributed by atoms with Crippen molar-refractivity contribution in [1.82, 2.24) is 98.0 Å². The van der Waals surface area contributed by atoms with Crippen LogP contribution < -0.4 is 80.6 Å². The van der Waals surface area contributed by atoms with Crippen LogP contribution in [0.25, 0.3) is 21.8 Å². The van der Waals surface area contributed by atoms with Crippen LogP contribution in [0.2, 0.25) is 0 Å². The first-order valence-corrected chi connectivity index (χ1v) is 45.4. The molecule has 9 rings (SSSR count). The van der Waals surface area contributed by atoms with Gasteiger partial charge in [-0.2, -0.15) is 0 Å². The van der Waals surface area contributed by atoms with Gasteiger partial charge in [-0.25, -0.2) is 4.98 Å². The molecule has 2 bridgehead atoms. The first-order chi connectivity index (χ1) is 62.0. The van der Waals surface area contributed by atoms with Gasteiger partial charge in [0.2, 0.25) is 94.5 Å². The number of likely N-dealkylation sites (N-methyl/N-ethyl adjacent to an activating group) is 3. The number of imidazole rings is 1. The fourth-order valence-electron chi connectivity index (χ4n) is 16.0. The minimum atomic E-state index is -1.85. The van der Waals surface area contributed by atoms with E-state index >= 15 is 24.0 Å². The molecule has 4 aromatic heterocycles. The molecule has 0 spiro atoms. The Bertz CT molecular complexity index is 5080. The van der Waals surface area contributed by atoms with Crippen LogP contribution in [0.3, 0.4) is 0 Å². The number of carbonyl (C=O) groups excluding carboxylic acids is 17. The number of unbranched alkanes of at least 4 members (excludes halogenated alkanes) is 2. The summed E-state index contributed by atoms with van der Waals surface area (Å²) in [5.41, 5.74) is 20.0. The second kappa shape index (κ2) is 47.9. The molecular formula is C86H120N24O18S2. The Kier molecular flexibility index (Phi) is 37.1. The second-order valence-corrected chi connectivity index (χ2v) is 35.1. The van der Waals surface area contributed by atoms with Crippen molar-refractivity contribution >= 4 is 156 Å². The normalized spacial score (nSPS) is 24.0. The Hall–Kier alpha value is -13.0. The topological polar surface area (TPSA) is 621 Å². The number of aliphatic hydroxyl groups is 1. The number of carbonyl (C=O) groups is 17. The van der Waals surface area contributed by atoms with E-state index in [-0.39, 0.29) is 89.6 Å². The van der Waals surface area contributed by atoms with E-state index in [2.05, 4.69) is 78.4 Å². The number of hydrogen-bond donors (Lipinski definition) is 19. The summed E-state index contributed by atoms with van der Waals surface area (Å²) in [5.74, 6) is -16.9. The zero-order valence-corrected chi connectivity index (χ0v) is 75.7. The number of H-pyrrole nitrogens is 3. The third kappa shape index (κ3) is 27.3. The molecule has 1 unspecified atom stereocenters. The standard InChI is InChI=1S/C86H120N24O18S2/c1-9-11-24-65-78(122)99-56(23-17-28-92-86(89)90)74(118)105-64(73(117)95-40-69(88)113)43-129-44-71(115)98-61-32-48-27-30-130-85(48)110(83(61)127)47(5)72(116)101-62(36-68(87)112)82(126)109-29-18-26-66(109)79(123)100-58(35-51-39-91-45-96-51)76(120)102-59(31-46(3)4)80(124)106(6)41-70(114)97-57(33-49-37-93-54-21-15-13-19-52(49)54)75(119)104-63(42-111)77(121)103-60(34-50-38-94-55-22-16-14-20-53(50)55)81(125)108(8)67(25-12-10-2)84(128)107(65)7/h13-16,19-22,27,30,37-39,45-47,56-67,93-94,111H,9-12,17-18,23-26,28-29,31-36,40-44H2,1-8H3,(H2,87,112)(H2,88,113)(H,91,96)(H,95,117)(H,97,114)(H,98,115)(H,99,122)(H,100,123)(H,101,116)(H,102,120)(H,103,121)(H,104,119)(H,105,118)(H4,89,90,92)/t47-,56-,57-,58-,59-,60-,61-,62-,63-,64?,65-,66-,67-/m0/s1. The van der Waals surface area contributed by atoms with Crippen LogP contribution in [0.15, 0.2) is 84.9 Å². The first kappa shape index (κ1) is 101. The Labute approximate surface area is 759 Å². The number of nitrogens with zero attached hydrogens (tertiary/aromatic N) is 6. The van der Waals surface area contributed by atoms with Gasteiger partial charge in [0.25, 0.3) is 5.91 Å². The molecule has 2 aromatic carbocycles. The highest BCUT2D eigenvalue weighted by Crippen LogP contribution is 2.36. The smallest absolute Gasteiger partial charge is 0.251 e. The number of primary amides is 2. The average molecular weight is 1840 g/mol. The van der Waals surface area contributed by atoms with Crippen LogP contribution in [0.5, 0.6) is 0 Å². The van der Waals surface area contributed by atoms with Crippen molar-refractivity contribution in [3.8, 4) is 0 Å². The minimum Gasteiger partial charge on any atom is -0.394 e. The van der Waals surface area contributed by atoms with Crippen molar-refractivity contribution in [3.63, 3.8) is 0 Å². The monoisotopic (exact) mass is 1840 g/mol. The van der Waals surface area contributed by atoms with Gasteiger partial charge in [0.15, 0.2) is 5.96 Å². The van der Waals surface area contributed by atoms with E-state index in [4.69, 9.17) is 22.6 Å². The predicted molar refractivity (Wildman–Crippen MR) is 482 cm³/mol. The largest absolute Gasteiger partial charge is 0.394 e. The maximum Gasteiger partial charge on any atom is 0.251 e. The molecule has 7 heterocycles. The Morgan fingerprint density at radius 3 is 1.79 bits per heavy atom. The molecule has 17 amide bonds. The van der Waals surface area contributed by atoms with Crippen LogP contribution in [-0.4, -0.2) is 295 Å². The number of rotatable bonds is 24. The van der Waals surface area contributed by atoms with Crippen LogP contribution in [-0.2, 0) is 107 Å². The average Bonchev–Trinajstić information content (AvgIpc) is 1.65. The van der Waals surface area contributed by atoms with Crippen molar-refractivity contribution in [2.45, 2.75) is 216 Å². The summed E-state index contributed by atoms with van der Waals surface area (Å²) in [5, 5.41) is 51.4. The number of aromatic nitrogens is 4. The number of anilines is 1. The molecule has 2 saturated heterocycles. The summed E-state index contributed by atoms with van der Waals surface area (Å²) in [4.78, 5) is 267. The lowest BCUT2D eigenvalue weighted by Crippen LogP contribution is -2.61. The van der Waals surface area contributed by atoms with E-state index in [0.29, 0.717) is 74.9 Å². The number of aliphatic hydroxyl groups excluding tert-OH is 1. The summed E-state index contributed by atoms with van der Waals surface area (Å²) in [6.45, 7) is 5.99. The Morgan fingerprint density at radius 2 is 1.18 bits per heavy atom. The number of hydrogen-bond acceptors (Lipinski definition) is 22. The Morgan fingerprint density at radius 1 is 0.592 bits per heavy atom. The molecule has 44 heteroatoms. The molecule has 3 aliphatic rings. The fourth-order valence-corrected chi connectivity index (χ4v) is 17.9. The van der Waals surface area contributed by atoms with Gasteiger partial charge < -0.3 is 115 Å². The fraction of sp³-hybridized carbons (Fsp3) is 0.523. The number of nitrogens with one attached hydrogen (secondary N) is 15. The first-order valence-electron chi connectivity index (χ1n) is 43.4. The maximum atomic E-state index is 15.7. The van der Waals surface area contributed by atoms with E-state index in [0.717, 1.165) is 47.6 Å². The number of thioether (sulfide) groups is 1. The lowest BCUT2D eigenvalue weighted by Gasteiger charge is -2.36. The second-order valence-electron chi connectivity index (χ2n) is 33.2. The molecule has 0 radical (unpaired) electrons. The van der Waals surface area contributed by atoms with Gasteiger partial charge >= 0.3 is 0 Å². The van der Waals surface area contributed by atoms with Crippen molar-refractivity contribution < 1.29 is 86.6 Å². The van der Waals surface area contributed by atoms with Gasteiger partial charge in [-0.05, 0) is 98.1 Å². The van der Waals surface area contributed by atoms with Gasteiger partial charge in [0.05, 0.1) is 38.2 Å². The number of fused-ring (bicyclic) bond motifs is 7. The van der Waals surface area contributed by atoms with Crippen LogP contribution in [0, 0.1) is 11.3 Å². The van der Waals surface area contributed by atoms with Gasteiger partial charge in [0.1, 0.15) is 83.5 Å². The SMILES string of the molecule is CCCC[C@H]1C(=O)N(C)[C@@H](CCCC)C(=O)N[C@@H](CCCNC(=N)N)C(=O)NC(C(=O)NCC(N)=O)CSCC(=O)N[C@H]2Cc3ccsc3N(C2=O)[C@@H](C)C(=O)N[C@@H](CC(N)=O)C(=O)N2CCC[C@H]2C(=O)N[C@@H](Cc2cnc[nH]2)C(=O)N[C@@H](CC(C)C)C(=O)N(C)CC(=O)N[C@@H](Cc2c[nH]c3ccccc23)C(=O)N[C@@H](CO)C(=O)N[C@@H](Cc2c[nH]c3ccccc23)C(=O)N1C. The van der Waals surface area contributed by atoms with Crippen LogP contribution in [0.1, 0.15) is 134 Å². The van der Waals surface area contributed by atoms with Crippen molar-refractivity contribution in [1.29, 1.82) is 5.41 Å². The molecule has 13 atom stereocenters. The minimum absolute atomic E-state index is 0.00178. The highest BCUT2D eigenvalue weighted by atomic mass is 32.2. The van der Waals surface area contributed by atoms with Crippen molar-refractivity contribution in [2.75, 3.05) is 70.3 Å². The number of benzene rings is 2. The summed E-state index contributed by atoms with van der Waals surface area (Å²) in [6, 6.07) is -3.71. The van der Waals surface area contributed by atoms with E-state index in [9.17, 15) is 62.6 Å². The number of thiophene rings is 1. The summed E-state index contributed by atoms with van der Waals surface area (Å²) in [6.07, 6.45) is 6.16. The van der Waals surface area contributed by atoms with Crippen molar-refractivity contribution in [3.05, 3.63) is 107 Å². The number of nitrogens with two attached hydrogens (primary N) is 3. The predicted octanol–water partition coefficient (Wildman–Crippen LogP) is -2.19. The molecular weight excluding hydrogens is 1720 g/mol. The van der Waals surface area contributed by atoms with Gasteiger partial charge in [-0.1, -0.05) is 89.8 Å². The molecule has 42 nitrogen and oxygen atoms in total. The molecule has 704 valence electrons. The molecule has 0 aliphatic carbocycles. The number of para-hydroxylation sites is 2. The van der Waals surface area contributed by atoms with Gasteiger partial charge in [-0.15, -0.1) is 23.1 Å². The zero-order valence-electron chi connectivity index (χ0n) is 74.0. The molecule has 22 N–H and O–H groups in total. The van der Waals surface area contributed by atoms with Gasteiger partial charge in [0, 0.05) is 112 Å². The number of aromatic amines is 3. The lowest BCUT2D eigenvalue weighted by atomic mass is 10.00. The summed E-state index contributed by atoms with van der Waals surface area (Å²) < 4.78 is 0. The van der Waals surface area contributed by atoms with Crippen LogP contribution in [0.4, 0.5) is 5.00 Å². The van der Waals surface area contributed by atoms with Gasteiger partial charge in [-0.3, -0.25) is 91.8 Å². The molecule has 3 aliphatic heterocycles. The molecule has 2 fully saturated rings.